The number of carbonyl (C=O) groups is 1. The topological polar surface area (TPSA) is 88.1 Å². The number of unbranched alkanes of at least 4 members (excludes halogenated alkanes) is 13. The number of sulfonamides is 1. The highest BCUT2D eigenvalue weighted by molar-refractivity contribution is 7.92. The maximum Gasteiger partial charge on any atom is 0.294 e. The van der Waals surface area contributed by atoms with E-state index in [1.165, 1.54) is 69.2 Å². The Morgan fingerprint density at radius 1 is 0.766 bits per heavy atom. The summed E-state index contributed by atoms with van der Waals surface area (Å²) < 4.78 is 35.1. The molecular formula is C38H50ClN3O4S. The summed E-state index contributed by atoms with van der Waals surface area (Å²) in [5.41, 5.74) is 2.79. The molecule has 0 saturated carbocycles. The lowest BCUT2D eigenvalue weighted by Gasteiger charge is -2.19. The summed E-state index contributed by atoms with van der Waals surface area (Å²) >= 11 is 6.13. The van der Waals surface area contributed by atoms with E-state index in [0.29, 0.717) is 39.8 Å². The first-order valence-electron chi connectivity index (χ1n) is 17.3. The Labute approximate surface area is 286 Å². The van der Waals surface area contributed by atoms with Crippen LogP contribution in [0.4, 0.5) is 11.4 Å². The molecule has 0 aromatic heterocycles. The van der Waals surface area contributed by atoms with Crippen LogP contribution in [0.3, 0.4) is 0 Å². The predicted molar refractivity (Wildman–Crippen MR) is 195 cm³/mol. The fourth-order valence-electron chi connectivity index (χ4n) is 5.75. The molecular weight excluding hydrogens is 630 g/mol. The number of carbonyl (C=O) groups excluding carboxylic acids is 1. The lowest BCUT2D eigenvalue weighted by molar-refractivity contribution is -0.121. The van der Waals surface area contributed by atoms with Crippen molar-refractivity contribution in [1.29, 1.82) is 0 Å². The summed E-state index contributed by atoms with van der Waals surface area (Å²) in [6.45, 7) is 4.23. The van der Waals surface area contributed by atoms with E-state index in [1.807, 2.05) is 31.2 Å². The summed E-state index contributed by atoms with van der Waals surface area (Å²) in [7, 11) is -3.64. The molecule has 0 radical (unpaired) electrons. The van der Waals surface area contributed by atoms with Crippen LogP contribution in [0.15, 0.2) is 77.9 Å². The number of hydrazone groups is 1. The van der Waals surface area contributed by atoms with Gasteiger partial charge in [-0.3, -0.25) is 9.52 Å². The second-order valence-corrected chi connectivity index (χ2v) is 14.8. The second-order valence-electron chi connectivity index (χ2n) is 12.5. The number of nitrogens with zero attached hydrogens (tertiary/aromatic N) is 2. The van der Waals surface area contributed by atoms with Crippen LogP contribution in [0, 0.1) is 6.92 Å². The fraction of sp³-hybridized carbons (Fsp3) is 0.474. The summed E-state index contributed by atoms with van der Waals surface area (Å²) in [5.74, 6) is 0.125. The van der Waals surface area contributed by atoms with Gasteiger partial charge in [0.1, 0.15) is 11.5 Å². The Kier molecular flexibility index (Phi) is 14.6. The first-order chi connectivity index (χ1) is 22.8. The maximum atomic E-state index is 13.8. The zero-order chi connectivity index (χ0) is 33.5. The number of benzene rings is 3. The number of para-hydroxylation sites is 2. The molecule has 7 nitrogen and oxygen atoms in total. The van der Waals surface area contributed by atoms with Crippen LogP contribution in [0.2, 0.25) is 5.02 Å². The van der Waals surface area contributed by atoms with Gasteiger partial charge in [0, 0.05) is 10.6 Å². The summed E-state index contributed by atoms with van der Waals surface area (Å²) in [4.78, 5) is 13.8. The van der Waals surface area contributed by atoms with Gasteiger partial charge in [-0.1, -0.05) is 144 Å². The molecule has 1 aliphatic heterocycles. The lowest BCUT2D eigenvalue weighted by atomic mass is 10.0. The van der Waals surface area contributed by atoms with Gasteiger partial charge < -0.3 is 4.74 Å². The van der Waals surface area contributed by atoms with Crippen molar-refractivity contribution in [2.24, 2.45) is 5.10 Å². The Balaban J connectivity index is 1.31. The number of rotatable bonds is 21. The monoisotopic (exact) mass is 679 g/mol. The molecule has 3 aromatic carbocycles. The number of hydrogen-bond acceptors (Lipinski definition) is 5. The van der Waals surface area contributed by atoms with E-state index in [9.17, 15) is 13.2 Å². The third kappa shape index (κ3) is 11.7. The molecule has 1 heterocycles. The Morgan fingerprint density at radius 2 is 1.32 bits per heavy atom. The zero-order valence-corrected chi connectivity index (χ0v) is 29.5. The van der Waals surface area contributed by atoms with E-state index < -0.39 is 22.0 Å². The van der Waals surface area contributed by atoms with Gasteiger partial charge >= 0.3 is 0 Å². The molecule has 1 atom stereocenters. The van der Waals surface area contributed by atoms with Gasteiger partial charge in [0.2, 0.25) is 16.1 Å². The number of ether oxygens (including phenoxy) is 1. The third-order valence-electron chi connectivity index (χ3n) is 8.47. The Morgan fingerprint density at radius 3 is 1.91 bits per heavy atom. The van der Waals surface area contributed by atoms with Crippen molar-refractivity contribution < 1.29 is 17.9 Å². The first-order valence-corrected chi connectivity index (χ1v) is 19.3. The van der Waals surface area contributed by atoms with Crippen LogP contribution < -0.4 is 14.5 Å². The van der Waals surface area contributed by atoms with E-state index in [2.05, 4.69) is 16.7 Å². The minimum Gasteiger partial charge on any atom is -0.474 e. The second kappa shape index (κ2) is 18.8. The zero-order valence-electron chi connectivity index (χ0n) is 27.9. The Bertz CT molecular complexity index is 1540. The molecule has 1 N–H and O–H groups in total. The Hall–Kier alpha value is -3.36. The van der Waals surface area contributed by atoms with Gasteiger partial charge in [-0.25, -0.2) is 8.42 Å². The number of amides is 1. The molecule has 4 rings (SSSR count). The molecule has 1 aliphatic rings. The van der Waals surface area contributed by atoms with Gasteiger partial charge in [0.05, 0.1) is 17.1 Å². The molecule has 0 spiro atoms. The molecule has 254 valence electrons. The lowest BCUT2D eigenvalue weighted by Crippen LogP contribution is -2.37. The standard InChI is InChI=1S/C38H50ClN3O4S/c1-3-4-5-6-7-8-9-10-11-12-13-14-15-18-29-47(44,45)41-34-19-16-17-20-35(34)42-38(43)37(46-33-27-21-30(2)22-28-33)36(40-42)31-23-25-32(39)26-24-31/h16-17,19-28,37,41H,3-15,18,29H2,1-2H3. The van der Waals surface area contributed by atoms with Gasteiger partial charge in [0.25, 0.3) is 5.91 Å². The van der Waals surface area contributed by atoms with Gasteiger partial charge in [0.15, 0.2) is 0 Å². The van der Waals surface area contributed by atoms with Crippen LogP contribution >= 0.6 is 11.6 Å². The van der Waals surface area contributed by atoms with Gasteiger partial charge in [-0.2, -0.15) is 10.1 Å². The number of anilines is 2. The van der Waals surface area contributed by atoms with E-state index in [1.54, 1.807) is 48.5 Å². The quantitative estimate of drug-likeness (QED) is 0.114. The fourth-order valence-corrected chi connectivity index (χ4v) is 7.07. The predicted octanol–water partition coefficient (Wildman–Crippen LogP) is 10.1. The molecule has 9 heteroatoms. The van der Waals surface area contributed by atoms with Gasteiger partial charge in [-0.15, -0.1) is 0 Å². The number of hydrogen-bond donors (Lipinski definition) is 1. The van der Waals surface area contributed by atoms with Crippen LogP contribution in [-0.2, 0) is 14.8 Å². The van der Waals surface area contributed by atoms with E-state index in [-0.39, 0.29) is 5.75 Å². The van der Waals surface area contributed by atoms with E-state index in [4.69, 9.17) is 16.3 Å². The van der Waals surface area contributed by atoms with Crippen molar-refractivity contribution >= 4 is 44.6 Å². The van der Waals surface area contributed by atoms with Crippen molar-refractivity contribution in [3.8, 4) is 5.75 Å². The highest BCUT2D eigenvalue weighted by atomic mass is 35.5. The molecule has 0 saturated heterocycles. The smallest absolute Gasteiger partial charge is 0.294 e. The minimum atomic E-state index is -3.64. The molecule has 3 aromatic rings. The van der Waals surface area contributed by atoms with Gasteiger partial charge in [-0.05, 0) is 49.7 Å². The summed E-state index contributed by atoms with van der Waals surface area (Å²) in [5, 5.41) is 6.45. The van der Waals surface area contributed by atoms with Crippen molar-refractivity contribution in [2.45, 2.75) is 110 Å². The summed E-state index contributed by atoms with van der Waals surface area (Å²) in [6, 6.07) is 21.3. The maximum absolute atomic E-state index is 13.8. The third-order valence-corrected chi connectivity index (χ3v) is 10.1. The molecule has 0 bridgehead atoms. The van der Waals surface area contributed by atoms with Crippen molar-refractivity contribution in [3.05, 3.63) is 88.9 Å². The van der Waals surface area contributed by atoms with Crippen LogP contribution in [0.5, 0.6) is 5.75 Å². The van der Waals surface area contributed by atoms with Crippen molar-refractivity contribution in [1.82, 2.24) is 0 Å². The number of nitrogens with one attached hydrogen (secondary N) is 1. The molecule has 1 unspecified atom stereocenters. The van der Waals surface area contributed by atoms with Crippen molar-refractivity contribution in [3.63, 3.8) is 0 Å². The SMILES string of the molecule is CCCCCCCCCCCCCCCCS(=O)(=O)Nc1ccccc1N1N=C(c2ccc(Cl)cc2)C(Oc2ccc(C)cc2)C1=O. The van der Waals surface area contributed by atoms with E-state index in [0.717, 1.165) is 24.8 Å². The number of aryl methyl sites for hydroxylation is 1. The first kappa shape index (κ1) is 36.5. The van der Waals surface area contributed by atoms with Crippen LogP contribution in [0.25, 0.3) is 0 Å². The molecule has 47 heavy (non-hydrogen) atoms. The normalized spacial score (nSPS) is 14.8. The minimum absolute atomic E-state index is 0.0196. The summed E-state index contributed by atoms with van der Waals surface area (Å²) in [6.07, 6.45) is 15.8. The average molecular weight is 680 g/mol. The highest BCUT2D eigenvalue weighted by Gasteiger charge is 2.40. The number of halogens is 1. The van der Waals surface area contributed by atoms with Crippen molar-refractivity contribution in [2.75, 3.05) is 15.5 Å². The van der Waals surface area contributed by atoms with Crippen LogP contribution in [-0.4, -0.2) is 31.9 Å². The van der Waals surface area contributed by atoms with E-state index >= 15 is 0 Å². The molecule has 0 fully saturated rings. The highest BCUT2D eigenvalue weighted by Crippen LogP contribution is 2.33. The average Bonchev–Trinajstić information content (AvgIpc) is 3.37. The molecule has 0 aliphatic carbocycles. The largest absolute Gasteiger partial charge is 0.474 e. The van der Waals surface area contributed by atoms with Crippen LogP contribution in [0.1, 0.15) is 108 Å². The molecule has 1 amide bonds.